The summed E-state index contributed by atoms with van der Waals surface area (Å²) in [5, 5.41) is 3.97. The van der Waals surface area contributed by atoms with E-state index in [1.54, 1.807) is 0 Å². The molecule has 0 fully saturated rings. The van der Waals surface area contributed by atoms with Gasteiger partial charge in [0.25, 0.3) is 0 Å². The predicted molar refractivity (Wildman–Crippen MR) is 117 cm³/mol. The maximum Gasteiger partial charge on any atom is 0.118 e. The number of rotatable bonds is 7. The zero-order valence-electron chi connectivity index (χ0n) is 16.0. The number of para-hydroxylation sites is 2. The van der Waals surface area contributed by atoms with Gasteiger partial charge in [-0.1, -0.05) is 75.4 Å². The number of nitrogens with one attached hydrogen (secondary N) is 2. The van der Waals surface area contributed by atoms with Crippen LogP contribution in [0.4, 0.5) is 0 Å². The molecule has 0 aliphatic carbocycles. The van der Waals surface area contributed by atoms with Crippen molar-refractivity contribution in [1.29, 1.82) is 0 Å². The number of hydrogen-bond acceptors (Lipinski definition) is 0. The van der Waals surface area contributed by atoms with Crippen LogP contribution in [0.2, 0.25) is 0 Å². The summed E-state index contributed by atoms with van der Waals surface area (Å²) in [5.41, 5.74) is 6.32. The fourth-order valence-corrected chi connectivity index (χ4v) is 4.58. The van der Waals surface area contributed by atoms with Crippen LogP contribution in [0.3, 0.4) is 0 Å². The van der Waals surface area contributed by atoms with E-state index in [9.17, 15) is 0 Å². The number of aryl methyl sites for hydroxylation is 1. The molecule has 0 saturated carbocycles. The number of aromatic amines is 2. The van der Waals surface area contributed by atoms with Crippen LogP contribution in [0.5, 0.6) is 0 Å². The Labute approximate surface area is 159 Å². The van der Waals surface area contributed by atoms with Gasteiger partial charge in [0.05, 0.1) is 21.9 Å². The molecule has 3 heterocycles. The highest BCUT2D eigenvalue weighted by molar-refractivity contribution is 6.24. The smallest absolute Gasteiger partial charge is 0.118 e. The first-order valence-corrected chi connectivity index (χ1v) is 10.4. The Morgan fingerprint density at radius 1 is 0.778 bits per heavy atom. The molecule has 5 aromatic rings. The van der Waals surface area contributed by atoms with Gasteiger partial charge in [-0.3, -0.25) is 0 Å². The van der Waals surface area contributed by atoms with Gasteiger partial charge in [-0.25, -0.2) is 0 Å². The summed E-state index contributed by atoms with van der Waals surface area (Å²) in [6.07, 6.45) is 7.96. The Morgan fingerprint density at radius 3 is 2.41 bits per heavy atom. The molecule has 0 aliphatic heterocycles. The molecule has 3 nitrogen and oxygen atoms in total. The van der Waals surface area contributed by atoms with Crippen LogP contribution in [0, 0.1) is 0 Å². The minimum absolute atomic E-state index is 1.09. The largest absolute Gasteiger partial charge is 0.341 e. The number of hydrogen-bond donors (Lipinski definition) is 2. The second-order valence-corrected chi connectivity index (χ2v) is 7.71. The van der Waals surface area contributed by atoms with Crippen LogP contribution in [0.15, 0.2) is 48.5 Å². The van der Waals surface area contributed by atoms with Crippen molar-refractivity contribution in [3.63, 3.8) is 0 Å². The molecule has 0 radical (unpaired) electrons. The van der Waals surface area contributed by atoms with Crippen LogP contribution in [-0.2, 0) is 6.54 Å². The van der Waals surface area contributed by atoms with E-state index in [4.69, 9.17) is 0 Å². The highest BCUT2D eigenvalue weighted by Gasteiger charge is 2.18. The van der Waals surface area contributed by atoms with E-state index in [2.05, 4.69) is 70.0 Å². The minimum Gasteiger partial charge on any atom is -0.341 e. The standard InChI is InChI=1S/C24H27N3/c1-2-3-4-5-6-11-16-27-20-15-10-8-13-18(20)22-23(27)21-17-12-7-9-14-19(17)25-24(21)26-22/h7-10,12-15,25-26H,2-6,11,16H2,1H3. The Hall–Kier alpha value is -2.68. The molecule has 0 amide bonds. The summed E-state index contributed by atoms with van der Waals surface area (Å²) in [6.45, 7) is 3.36. The topological polar surface area (TPSA) is 36.5 Å². The van der Waals surface area contributed by atoms with E-state index in [0.29, 0.717) is 0 Å². The van der Waals surface area contributed by atoms with Crippen molar-refractivity contribution in [2.24, 2.45) is 0 Å². The van der Waals surface area contributed by atoms with E-state index in [1.807, 2.05) is 0 Å². The first-order chi connectivity index (χ1) is 13.4. The van der Waals surface area contributed by atoms with Crippen molar-refractivity contribution >= 4 is 43.9 Å². The summed E-state index contributed by atoms with van der Waals surface area (Å²) >= 11 is 0. The Kier molecular flexibility index (Phi) is 4.16. The van der Waals surface area contributed by atoms with Gasteiger partial charge in [-0.15, -0.1) is 0 Å². The normalized spacial score (nSPS) is 12.2. The molecule has 0 saturated heterocycles. The molecule has 2 aromatic carbocycles. The molecule has 3 heteroatoms. The number of benzene rings is 2. The van der Waals surface area contributed by atoms with Crippen molar-refractivity contribution in [2.45, 2.75) is 52.0 Å². The summed E-state index contributed by atoms with van der Waals surface area (Å²) in [7, 11) is 0. The van der Waals surface area contributed by atoms with Crippen LogP contribution in [-0.4, -0.2) is 14.5 Å². The van der Waals surface area contributed by atoms with E-state index < -0.39 is 0 Å². The van der Waals surface area contributed by atoms with Gasteiger partial charge >= 0.3 is 0 Å². The third kappa shape index (κ3) is 2.64. The number of unbranched alkanes of at least 4 members (excludes halogenated alkanes) is 5. The molecule has 27 heavy (non-hydrogen) atoms. The monoisotopic (exact) mass is 357 g/mol. The average molecular weight is 358 g/mol. The lowest BCUT2D eigenvalue weighted by Gasteiger charge is -2.07. The second kappa shape index (κ2) is 6.80. The van der Waals surface area contributed by atoms with Crippen molar-refractivity contribution in [2.75, 3.05) is 0 Å². The maximum absolute atomic E-state index is 3.67. The quantitative estimate of drug-likeness (QED) is 0.291. The second-order valence-electron chi connectivity index (χ2n) is 7.71. The summed E-state index contributed by atoms with van der Waals surface area (Å²) in [4.78, 5) is 7.24. The third-order valence-corrected chi connectivity index (χ3v) is 5.90. The van der Waals surface area contributed by atoms with E-state index >= 15 is 0 Å². The average Bonchev–Trinajstić information content (AvgIpc) is 3.32. The predicted octanol–water partition coefficient (Wildman–Crippen LogP) is 7.12. The lowest BCUT2D eigenvalue weighted by molar-refractivity contribution is 0.571. The Bertz CT molecular complexity index is 1220. The van der Waals surface area contributed by atoms with Crippen molar-refractivity contribution in [3.05, 3.63) is 48.5 Å². The summed E-state index contributed by atoms with van der Waals surface area (Å²) < 4.78 is 2.55. The molecule has 0 unspecified atom stereocenters. The third-order valence-electron chi connectivity index (χ3n) is 5.90. The zero-order valence-corrected chi connectivity index (χ0v) is 16.0. The molecule has 0 aliphatic rings. The molecule has 3 aromatic heterocycles. The SMILES string of the molecule is CCCCCCCCn1c2ccccc2c2[nH]c3[nH]c4ccccc4c3c21. The number of aromatic nitrogens is 3. The fraction of sp³-hybridized carbons (Fsp3) is 0.333. The molecule has 0 atom stereocenters. The van der Waals surface area contributed by atoms with Crippen molar-refractivity contribution in [1.82, 2.24) is 14.5 Å². The van der Waals surface area contributed by atoms with Crippen LogP contribution >= 0.6 is 0 Å². The van der Waals surface area contributed by atoms with Gasteiger partial charge < -0.3 is 14.5 Å². The maximum atomic E-state index is 3.67. The van der Waals surface area contributed by atoms with Gasteiger partial charge in [0, 0.05) is 22.8 Å². The molecule has 0 bridgehead atoms. The van der Waals surface area contributed by atoms with E-state index in [0.717, 1.165) is 12.2 Å². The van der Waals surface area contributed by atoms with Gasteiger partial charge in [0.15, 0.2) is 0 Å². The van der Waals surface area contributed by atoms with Gasteiger partial charge in [0.1, 0.15) is 5.65 Å². The van der Waals surface area contributed by atoms with Gasteiger partial charge in [-0.05, 0) is 18.6 Å². The molecule has 2 N–H and O–H groups in total. The summed E-state index contributed by atoms with van der Waals surface area (Å²) in [6, 6.07) is 17.4. The Morgan fingerprint density at radius 2 is 1.52 bits per heavy atom. The van der Waals surface area contributed by atoms with Crippen LogP contribution in [0.1, 0.15) is 45.4 Å². The van der Waals surface area contributed by atoms with Crippen molar-refractivity contribution in [3.8, 4) is 0 Å². The Balaban J connectivity index is 1.63. The van der Waals surface area contributed by atoms with Crippen LogP contribution < -0.4 is 0 Å². The number of H-pyrrole nitrogens is 2. The van der Waals surface area contributed by atoms with Gasteiger partial charge in [-0.2, -0.15) is 0 Å². The number of fused-ring (bicyclic) bond motifs is 7. The highest BCUT2D eigenvalue weighted by atomic mass is 15.0. The molecular weight excluding hydrogens is 330 g/mol. The van der Waals surface area contributed by atoms with E-state index in [1.165, 1.54) is 76.8 Å². The van der Waals surface area contributed by atoms with E-state index in [-0.39, 0.29) is 0 Å². The lowest BCUT2D eigenvalue weighted by atomic mass is 10.1. The minimum atomic E-state index is 1.09. The van der Waals surface area contributed by atoms with Crippen LogP contribution in [0.25, 0.3) is 43.9 Å². The van der Waals surface area contributed by atoms with Gasteiger partial charge in [0.2, 0.25) is 0 Å². The summed E-state index contributed by atoms with van der Waals surface area (Å²) in [5.74, 6) is 0. The zero-order chi connectivity index (χ0) is 18.2. The highest BCUT2D eigenvalue weighted by Crippen LogP contribution is 2.38. The fourth-order valence-electron chi connectivity index (χ4n) is 4.58. The van der Waals surface area contributed by atoms with Crippen molar-refractivity contribution < 1.29 is 0 Å². The lowest BCUT2D eigenvalue weighted by Crippen LogP contribution is -1.97. The number of nitrogens with zero attached hydrogens (tertiary/aromatic N) is 1. The first kappa shape index (κ1) is 16.5. The molecule has 0 spiro atoms. The molecule has 138 valence electrons. The molecular formula is C24H27N3. The first-order valence-electron chi connectivity index (χ1n) is 10.4. The molecule has 5 rings (SSSR count).